The van der Waals surface area contributed by atoms with E-state index >= 15 is 0 Å². The lowest BCUT2D eigenvalue weighted by Gasteiger charge is -2.22. The Morgan fingerprint density at radius 2 is 1.29 bits per heavy atom. The van der Waals surface area contributed by atoms with Gasteiger partial charge in [0.2, 0.25) is 5.60 Å². The van der Waals surface area contributed by atoms with Crippen LogP contribution in [0, 0.1) is 6.92 Å². The highest BCUT2D eigenvalue weighted by Crippen LogP contribution is 2.68. The van der Waals surface area contributed by atoms with Crippen LogP contribution in [0.2, 0.25) is 0 Å². The summed E-state index contributed by atoms with van der Waals surface area (Å²) in [6, 6.07) is 36.4. The maximum absolute atomic E-state index is 14.8. The summed E-state index contributed by atoms with van der Waals surface area (Å²) in [5.74, 6) is -0.890. The molecule has 0 aromatic heterocycles. The Labute approximate surface area is 221 Å². The molecule has 1 atom stereocenters. The summed E-state index contributed by atoms with van der Waals surface area (Å²) >= 11 is 0. The maximum atomic E-state index is 14.8. The van der Waals surface area contributed by atoms with Crippen LogP contribution in [0.3, 0.4) is 0 Å². The first-order valence-electron chi connectivity index (χ1n) is 12.7. The molecule has 1 unspecified atom stereocenters. The van der Waals surface area contributed by atoms with Gasteiger partial charge in [0.05, 0.1) is 12.3 Å². The highest BCUT2D eigenvalue weighted by Gasteiger charge is 2.83. The van der Waals surface area contributed by atoms with Crippen LogP contribution in [0.25, 0.3) is 5.70 Å². The molecule has 5 nitrogen and oxygen atoms in total. The van der Waals surface area contributed by atoms with Crippen LogP contribution in [0.1, 0.15) is 29.2 Å². The number of epoxide rings is 1. The summed E-state index contributed by atoms with van der Waals surface area (Å²) in [5.41, 5.74) is 1.92. The van der Waals surface area contributed by atoms with E-state index in [1.165, 1.54) is 0 Å². The zero-order valence-corrected chi connectivity index (χ0v) is 21.3. The van der Waals surface area contributed by atoms with Crippen LogP contribution >= 0.6 is 0 Å². The summed E-state index contributed by atoms with van der Waals surface area (Å²) < 4.78 is 12.3. The van der Waals surface area contributed by atoms with Crippen molar-refractivity contribution in [2.75, 3.05) is 11.5 Å². The predicted molar refractivity (Wildman–Crippen MR) is 146 cm³/mol. The molecule has 188 valence electrons. The van der Waals surface area contributed by atoms with Crippen molar-refractivity contribution in [2.45, 2.75) is 25.0 Å². The summed E-state index contributed by atoms with van der Waals surface area (Å²) in [4.78, 5) is 30.3. The molecule has 0 bridgehead atoms. The van der Waals surface area contributed by atoms with Gasteiger partial charge in [-0.1, -0.05) is 109 Å². The van der Waals surface area contributed by atoms with Crippen LogP contribution in [-0.4, -0.2) is 24.1 Å². The van der Waals surface area contributed by atoms with E-state index in [-0.39, 0.29) is 18.1 Å². The van der Waals surface area contributed by atoms with Crippen molar-refractivity contribution in [3.63, 3.8) is 0 Å². The minimum atomic E-state index is -1.60. The molecule has 0 saturated carbocycles. The Balaban J connectivity index is 1.69. The fraction of sp³-hybridized carbons (Fsp3) is 0.152. The van der Waals surface area contributed by atoms with E-state index in [9.17, 15) is 9.59 Å². The van der Waals surface area contributed by atoms with Gasteiger partial charge >= 0.3 is 5.97 Å². The van der Waals surface area contributed by atoms with Crippen molar-refractivity contribution in [3.05, 3.63) is 143 Å². The Morgan fingerprint density at radius 3 is 1.82 bits per heavy atom. The second kappa shape index (κ2) is 9.12. The fourth-order valence-corrected chi connectivity index (χ4v) is 5.56. The second-order valence-electron chi connectivity index (χ2n) is 9.48. The van der Waals surface area contributed by atoms with Crippen molar-refractivity contribution >= 4 is 23.3 Å². The molecule has 5 heteroatoms. The SMILES string of the molecule is CCOC(=O)C1=C(c2ccccc2)N(c2ccc(C)cc2)C(=O)C12OC2(c1ccccc1)c1ccccc1. The van der Waals surface area contributed by atoms with Gasteiger partial charge in [-0.05, 0) is 42.7 Å². The number of hydrogen-bond acceptors (Lipinski definition) is 4. The van der Waals surface area contributed by atoms with E-state index in [0.29, 0.717) is 11.4 Å². The number of esters is 1. The lowest BCUT2D eigenvalue weighted by atomic mass is 9.77. The number of amides is 1. The first-order chi connectivity index (χ1) is 18.5. The number of hydrogen-bond donors (Lipinski definition) is 0. The Bertz CT molecular complexity index is 1490. The van der Waals surface area contributed by atoms with Crippen molar-refractivity contribution in [3.8, 4) is 0 Å². The molecule has 4 aromatic carbocycles. The Hall–Kier alpha value is -4.48. The van der Waals surface area contributed by atoms with E-state index in [1.807, 2.05) is 122 Å². The number of nitrogens with zero attached hydrogens (tertiary/aromatic N) is 1. The van der Waals surface area contributed by atoms with Crippen LogP contribution in [0.5, 0.6) is 0 Å². The van der Waals surface area contributed by atoms with Crippen LogP contribution in [0.15, 0.2) is 121 Å². The van der Waals surface area contributed by atoms with Crippen LogP contribution < -0.4 is 4.90 Å². The molecule has 0 radical (unpaired) electrons. The van der Waals surface area contributed by atoms with Gasteiger partial charge in [-0.25, -0.2) is 4.79 Å². The highest BCUT2D eigenvalue weighted by molar-refractivity contribution is 6.27. The maximum Gasteiger partial charge on any atom is 0.339 e. The molecule has 2 heterocycles. The molecule has 1 fully saturated rings. The lowest BCUT2D eigenvalue weighted by molar-refractivity contribution is -0.140. The zero-order valence-electron chi connectivity index (χ0n) is 21.3. The average molecular weight is 502 g/mol. The standard InChI is InChI=1S/C33H27NO4/c1-3-37-30(35)28-29(24-13-7-4-8-14-24)34(27-21-19-23(2)20-22-27)31(36)33(28)32(38-33,25-15-9-5-10-16-25)26-17-11-6-12-18-26/h4-22H,3H2,1-2H3. The van der Waals surface area contributed by atoms with Gasteiger partial charge in [-0.15, -0.1) is 0 Å². The first-order valence-corrected chi connectivity index (χ1v) is 12.7. The van der Waals surface area contributed by atoms with Gasteiger partial charge in [0.25, 0.3) is 5.91 Å². The quantitative estimate of drug-likeness (QED) is 0.239. The summed E-state index contributed by atoms with van der Waals surface area (Å²) in [6.45, 7) is 3.93. The van der Waals surface area contributed by atoms with E-state index in [1.54, 1.807) is 11.8 Å². The Kier molecular flexibility index (Phi) is 5.73. The van der Waals surface area contributed by atoms with Crippen LogP contribution in [-0.2, 0) is 24.7 Å². The number of carbonyl (C=O) groups excluding carboxylic acids is 2. The van der Waals surface area contributed by atoms with E-state index < -0.39 is 17.2 Å². The number of benzene rings is 4. The fourth-order valence-electron chi connectivity index (χ4n) is 5.56. The summed E-state index contributed by atoms with van der Waals surface area (Å²) in [6.07, 6.45) is 0. The minimum absolute atomic E-state index is 0.170. The number of anilines is 1. The van der Waals surface area contributed by atoms with Crippen LogP contribution in [0.4, 0.5) is 5.69 Å². The zero-order chi connectivity index (χ0) is 26.3. The van der Waals surface area contributed by atoms with E-state index in [2.05, 4.69) is 0 Å². The molecule has 0 N–H and O–H groups in total. The lowest BCUT2D eigenvalue weighted by Crippen LogP contribution is -2.40. The molecule has 6 rings (SSSR count). The molecule has 4 aromatic rings. The number of carbonyl (C=O) groups is 2. The van der Waals surface area contributed by atoms with Gasteiger partial charge < -0.3 is 9.47 Å². The smallest absolute Gasteiger partial charge is 0.339 e. The third kappa shape index (κ3) is 3.36. The summed E-state index contributed by atoms with van der Waals surface area (Å²) in [7, 11) is 0. The van der Waals surface area contributed by atoms with Gasteiger partial charge in [-0.2, -0.15) is 0 Å². The van der Waals surface area contributed by atoms with Gasteiger partial charge in [0, 0.05) is 5.69 Å². The number of ether oxygens (including phenoxy) is 2. The third-order valence-electron chi connectivity index (χ3n) is 7.26. The molecule has 2 aliphatic rings. The van der Waals surface area contributed by atoms with Crippen molar-refractivity contribution < 1.29 is 19.1 Å². The van der Waals surface area contributed by atoms with E-state index in [0.717, 1.165) is 22.3 Å². The van der Waals surface area contributed by atoms with Gasteiger partial charge in [-0.3, -0.25) is 9.69 Å². The highest BCUT2D eigenvalue weighted by atomic mass is 16.6. The van der Waals surface area contributed by atoms with Gasteiger partial charge in [0.1, 0.15) is 5.57 Å². The summed E-state index contributed by atoms with van der Waals surface area (Å²) in [5, 5.41) is 0. The minimum Gasteiger partial charge on any atom is -0.462 e. The third-order valence-corrected chi connectivity index (χ3v) is 7.26. The van der Waals surface area contributed by atoms with Crippen molar-refractivity contribution in [2.24, 2.45) is 0 Å². The molecule has 1 spiro atoms. The molecule has 0 aliphatic carbocycles. The van der Waals surface area contributed by atoms with Crippen molar-refractivity contribution in [1.82, 2.24) is 0 Å². The largest absolute Gasteiger partial charge is 0.462 e. The molecule has 38 heavy (non-hydrogen) atoms. The second-order valence-corrected chi connectivity index (χ2v) is 9.48. The number of rotatable bonds is 6. The predicted octanol–water partition coefficient (Wildman–Crippen LogP) is 6.03. The van der Waals surface area contributed by atoms with Crippen molar-refractivity contribution in [1.29, 1.82) is 0 Å². The molecule has 1 amide bonds. The average Bonchev–Trinajstić information content (AvgIpc) is 3.59. The molecule has 1 saturated heterocycles. The molecular formula is C33H27NO4. The first kappa shape index (κ1) is 23.9. The normalized spacial score (nSPS) is 19.6. The molecule has 2 aliphatic heterocycles. The monoisotopic (exact) mass is 501 g/mol. The van der Waals surface area contributed by atoms with Gasteiger partial charge in [0.15, 0.2) is 5.60 Å². The van der Waals surface area contributed by atoms with E-state index in [4.69, 9.17) is 9.47 Å². The Morgan fingerprint density at radius 1 is 0.763 bits per heavy atom. The number of aryl methyl sites for hydroxylation is 1. The molecular weight excluding hydrogens is 474 g/mol. The topological polar surface area (TPSA) is 59.1 Å².